The van der Waals surface area contributed by atoms with Crippen molar-refractivity contribution in [2.24, 2.45) is 12.8 Å². The number of benzene rings is 1. The summed E-state index contributed by atoms with van der Waals surface area (Å²) in [6, 6.07) is 11.7. The second-order valence-corrected chi connectivity index (χ2v) is 7.08. The average Bonchev–Trinajstić information content (AvgIpc) is 2.99. The van der Waals surface area contributed by atoms with Gasteiger partial charge in [0.25, 0.3) is 5.91 Å². The molecular weight excluding hydrogens is 338 g/mol. The highest BCUT2D eigenvalue weighted by Crippen LogP contribution is 2.26. The first-order chi connectivity index (χ1) is 12.9. The highest BCUT2D eigenvalue weighted by atomic mass is 16.1. The predicted octanol–water partition coefficient (Wildman–Crippen LogP) is 3.19. The first-order valence-electron chi connectivity index (χ1n) is 9.35. The zero-order valence-electron chi connectivity index (χ0n) is 16.4. The quantitative estimate of drug-likeness (QED) is 0.702. The molecule has 6 heteroatoms. The van der Waals surface area contributed by atoms with Crippen molar-refractivity contribution in [1.29, 1.82) is 0 Å². The molecular formula is C21H27N5O. The van der Waals surface area contributed by atoms with Crippen molar-refractivity contribution in [3.8, 4) is 11.3 Å². The van der Waals surface area contributed by atoms with Crippen LogP contribution in [-0.4, -0.2) is 32.8 Å². The molecule has 0 bridgehead atoms. The third-order valence-electron chi connectivity index (χ3n) is 5.29. The Morgan fingerprint density at radius 2 is 1.89 bits per heavy atom. The molecule has 2 aromatic heterocycles. The van der Waals surface area contributed by atoms with Crippen molar-refractivity contribution in [2.45, 2.75) is 39.2 Å². The van der Waals surface area contributed by atoms with Gasteiger partial charge in [0.15, 0.2) is 5.65 Å². The van der Waals surface area contributed by atoms with Gasteiger partial charge in [-0.15, -0.1) is 0 Å². The van der Waals surface area contributed by atoms with Crippen LogP contribution in [0.2, 0.25) is 0 Å². The van der Waals surface area contributed by atoms with Gasteiger partial charge in [-0.25, -0.2) is 4.98 Å². The molecule has 0 saturated carbocycles. The number of nitrogens with two attached hydrogens (primary N) is 1. The van der Waals surface area contributed by atoms with Crippen molar-refractivity contribution in [2.75, 3.05) is 6.54 Å². The van der Waals surface area contributed by atoms with Crippen LogP contribution in [0, 0.1) is 6.92 Å². The Labute approximate surface area is 159 Å². The zero-order valence-corrected chi connectivity index (χ0v) is 16.4. The van der Waals surface area contributed by atoms with E-state index in [9.17, 15) is 4.79 Å². The van der Waals surface area contributed by atoms with Crippen molar-refractivity contribution in [3.63, 3.8) is 0 Å². The fraction of sp³-hybridized carbons (Fsp3) is 0.381. The minimum Gasteiger partial charge on any atom is -0.350 e. The molecule has 2 heterocycles. The molecule has 6 nitrogen and oxygen atoms in total. The molecule has 3 rings (SSSR count). The molecule has 0 aliphatic heterocycles. The molecule has 0 aliphatic carbocycles. The summed E-state index contributed by atoms with van der Waals surface area (Å²) in [5.41, 5.74) is 9.73. The van der Waals surface area contributed by atoms with Crippen LogP contribution in [-0.2, 0) is 7.05 Å². The molecule has 3 N–H and O–H groups in total. The lowest BCUT2D eigenvalue weighted by atomic mass is 9.94. The summed E-state index contributed by atoms with van der Waals surface area (Å²) in [6.45, 7) is 6.41. The molecule has 0 atom stereocenters. The zero-order chi connectivity index (χ0) is 19.6. The highest BCUT2D eigenvalue weighted by Gasteiger charge is 2.24. The summed E-state index contributed by atoms with van der Waals surface area (Å²) in [7, 11) is 1.85. The molecule has 142 valence electrons. The van der Waals surface area contributed by atoms with E-state index in [2.05, 4.69) is 10.4 Å². The lowest BCUT2D eigenvalue weighted by Gasteiger charge is -2.26. The summed E-state index contributed by atoms with van der Waals surface area (Å²) >= 11 is 0. The molecule has 3 aromatic rings. The van der Waals surface area contributed by atoms with E-state index in [0.29, 0.717) is 17.8 Å². The second kappa shape index (κ2) is 7.48. The number of hydrogen-bond donors (Lipinski definition) is 2. The van der Waals surface area contributed by atoms with Gasteiger partial charge in [-0.2, -0.15) is 5.10 Å². The number of aryl methyl sites for hydroxylation is 2. The number of carbonyl (C=O) groups excluding carboxylic acids is 1. The number of nitrogens with one attached hydrogen (secondary N) is 1. The van der Waals surface area contributed by atoms with Gasteiger partial charge in [-0.3, -0.25) is 9.48 Å². The molecule has 0 unspecified atom stereocenters. The second-order valence-electron chi connectivity index (χ2n) is 7.08. The Balaban J connectivity index is 2.06. The van der Waals surface area contributed by atoms with Gasteiger partial charge >= 0.3 is 0 Å². The van der Waals surface area contributed by atoms with Gasteiger partial charge in [0.2, 0.25) is 0 Å². The number of carbonyl (C=O) groups is 1. The molecule has 0 radical (unpaired) electrons. The lowest BCUT2D eigenvalue weighted by Crippen LogP contribution is -2.49. The first kappa shape index (κ1) is 19.0. The van der Waals surface area contributed by atoms with E-state index in [0.717, 1.165) is 35.2 Å². The van der Waals surface area contributed by atoms with Gasteiger partial charge < -0.3 is 11.1 Å². The first-order valence-corrected chi connectivity index (χ1v) is 9.35. The summed E-state index contributed by atoms with van der Waals surface area (Å²) in [6.07, 6.45) is 1.60. The molecule has 1 aromatic carbocycles. The predicted molar refractivity (Wildman–Crippen MR) is 109 cm³/mol. The largest absolute Gasteiger partial charge is 0.350 e. The van der Waals surface area contributed by atoms with Gasteiger partial charge in [0, 0.05) is 24.7 Å². The van der Waals surface area contributed by atoms with Crippen molar-refractivity contribution >= 4 is 16.9 Å². The Bertz CT molecular complexity index is 958. The summed E-state index contributed by atoms with van der Waals surface area (Å²) in [5.74, 6) is -0.146. The van der Waals surface area contributed by atoms with E-state index < -0.39 is 5.54 Å². The monoisotopic (exact) mass is 365 g/mol. The molecule has 0 spiro atoms. The Morgan fingerprint density at radius 1 is 1.22 bits per heavy atom. The standard InChI is InChI=1S/C21H27N5O/c1-5-21(22,6-2)13-23-20(27)16-12-17(15-10-8-7-9-11-15)24-19-18(16)14(3)25-26(19)4/h7-12H,5-6,13,22H2,1-4H3,(H,23,27). The van der Waals surface area contributed by atoms with Crippen molar-refractivity contribution in [1.82, 2.24) is 20.1 Å². The number of rotatable bonds is 6. The van der Waals surface area contributed by atoms with E-state index in [4.69, 9.17) is 10.7 Å². The van der Waals surface area contributed by atoms with Gasteiger partial charge in [0.1, 0.15) is 0 Å². The van der Waals surface area contributed by atoms with Crippen molar-refractivity contribution in [3.05, 3.63) is 47.7 Å². The van der Waals surface area contributed by atoms with Crippen LogP contribution in [0.5, 0.6) is 0 Å². The fourth-order valence-electron chi connectivity index (χ4n) is 3.23. The summed E-state index contributed by atoms with van der Waals surface area (Å²) < 4.78 is 1.72. The Morgan fingerprint density at radius 3 is 2.52 bits per heavy atom. The molecule has 0 saturated heterocycles. The number of fused-ring (bicyclic) bond motifs is 1. The maximum absolute atomic E-state index is 13.1. The number of hydrogen-bond acceptors (Lipinski definition) is 4. The van der Waals surface area contributed by atoms with Gasteiger partial charge in [-0.1, -0.05) is 44.2 Å². The maximum atomic E-state index is 13.1. The van der Waals surface area contributed by atoms with Crippen LogP contribution < -0.4 is 11.1 Å². The average molecular weight is 365 g/mol. The normalized spacial score (nSPS) is 11.7. The van der Waals surface area contributed by atoms with E-state index in [1.165, 1.54) is 0 Å². The van der Waals surface area contributed by atoms with E-state index in [1.54, 1.807) is 4.68 Å². The molecule has 27 heavy (non-hydrogen) atoms. The smallest absolute Gasteiger partial charge is 0.252 e. The van der Waals surface area contributed by atoms with Crippen LogP contribution in [0.3, 0.4) is 0 Å². The minimum absolute atomic E-state index is 0.146. The fourth-order valence-corrected chi connectivity index (χ4v) is 3.23. The maximum Gasteiger partial charge on any atom is 0.252 e. The number of pyridine rings is 1. The van der Waals surface area contributed by atoms with E-state index >= 15 is 0 Å². The van der Waals surface area contributed by atoms with E-state index in [1.807, 2.05) is 64.2 Å². The lowest BCUT2D eigenvalue weighted by molar-refractivity contribution is 0.0943. The number of aromatic nitrogens is 3. The number of amides is 1. The SMILES string of the molecule is CCC(N)(CC)CNC(=O)c1cc(-c2ccccc2)nc2c1c(C)nn2C. The van der Waals surface area contributed by atoms with Gasteiger partial charge in [0.05, 0.1) is 22.3 Å². The van der Waals surface area contributed by atoms with Gasteiger partial charge in [-0.05, 0) is 25.8 Å². The topological polar surface area (TPSA) is 85.8 Å². The minimum atomic E-state index is -0.395. The van der Waals surface area contributed by atoms with Crippen LogP contribution in [0.15, 0.2) is 36.4 Å². The Hall–Kier alpha value is -2.73. The van der Waals surface area contributed by atoms with Crippen LogP contribution in [0.4, 0.5) is 0 Å². The third-order valence-corrected chi connectivity index (χ3v) is 5.29. The van der Waals surface area contributed by atoms with Crippen LogP contribution >= 0.6 is 0 Å². The summed E-state index contributed by atoms with van der Waals surface area (Å²) in [5, 5.41) is 8.26. The number of nitrogens with zero attached hydrogens (tertiary/aromatic N) is 3. The van der Waals surface area contributed by atoms with E-state index in [-0.39, 0.29) is 5.91 Å². The van der Waals surface area contributed by atoms with Crippen LogP contribution in [0.25, 0.3) is 22.3 Å². The summed E-state index contributed by atoms with van der Waals surface area (Å²) in [4.78, 5) is 17.8. The van der Waals surface area contributed by atoms with Crippen LogP contribution in [0.1, 0.15) is 42.7 Å². The molecule has 0 aliphatic rings. The molecule has 0 fully saturated rings. The third kappa shape index (κ3) is 3.71. The highest BCUT2D eigenvalue weighted by molar-refractivity contribution is 6.07. The van der Waals surface area contributed by atoms with Crippen molar-refractivity contribution < 1.29 is 4.79 Å². The molecule has 1 amide bonds. The Kier molecular flexibility index (Phi) is 5.28.